The molecule has 0 N–H and O–H groups in total. The molecule has 1 aliphatic rings. The lowest BCUT2D eigenvalue weighted by atomic mass is 10.1. The molecule has 0 unspecified atom stereocenters. The average molecular weight is 478 g/mol. The van der Waals surface area contributed by atoms with Crippen LogP contribution in [0.15, 0.2) is 41.3 Å². The van der Waals surface area contributed by atoms with E-state index in [9.17, 15) is 4.79 Å². The number of hydrogen-bond donors (Lipinski definition) is 0. The van der Waals surface area contributed by atoms with Crippen molar-refractivity contribution in [2.75, 3.05) is 13.1 Å². The Bertz CT molecular complexity index is 1330. The Morgan fingerprint density at radius 2 is 1.86 bits per heavy atom. The van der Waals surface area contributed by atoms with Crippen molar-refractivity contribution in [3.63, 3.8) is 0 Å². The van der Waals surface area contributed by atoms with Crippen LogP contribution in [0, 0.1) is 6.92 Å². The minimum absolute atomic E-state index is 0.117. The Morgan fingerprint density at radius 1 is 1.11 bits per heavy atom. The lowest BCUT2D eigenvalue weighted by Crippen LogP contribution is -2.42. The molecule has 35 heavy (non-hydrogen) atoms. The molecule has 1 saturated heterocycles. The van der Waals surface area contributed by atoms with Crippen LogP contribution < -0.4 is 4.74 Å². The number of fused-ring (bicyclic) bond motifs is 1. The molecule has 0 bridgehead atoms. The summed E-state index contributed by atoms with van der Waals surface area (Å²) in [5.41, 5.74) is 1.02. The average Bonchev–Trinajstić information content (AvgIpc) is 3.46. The highest BCUT2D eigenvalue weighted by molar-refractivity contribution is 5.80. The summed E-state index contributed by atoms with van der Waals surface area (Å²) in [7, 11) is 0. The van der Waals surface area contributed by atoms with E-state index in [-0.39, 0.29) is 12.1 Å². The summed E-state index contributed by atoms with van der Waals surface area (Å²) in [6, 6.07) is 7.49. The van der Waals surface area contributed by atoms with Crippen LogP contribution in [0.2, 0.25) is 0 Å². The number of rotatable bonds is 4. The summed E-state index contributed by atoms with van der Waals surface area (Å²) in [5, 5.41) is 9.23. The van der Waals surface area contributed by atoms with Crippen molar-refractivity contribution in [3.05, 3.63) is 42.7 Å². The zero-order valence-electron chi connectivity index (χ0n) is 20.1. The Hall–Kier alpha value is -4.02. The summed E-state index contributed by atoms with van der Waals surface area (Å²) in [6.07, 6.45) is 4.43. The van der Waals surface area contributed by atoms with E-state index < -0.39 is 5.60 Å². The number of ether oxygens (including phenoxy) is 2. The minimum atomic E-state index is -0.508. The normalized spacial score (nSPS) is 14.9. The molecule has 0 atom stereocenters. The number of carbonyl (C=O) groups excluding carboxylic acids is 1. The van der Waals surface area contributed by atoms with E-state index in [1.165, 1.54) is 6.33 Å². The number of nitrogens with zero attached hydrogens (tertiary/aromatic N) is 7. The zero-order chi connectivity index (χ0) is 24.6. The van der Waals surface area contributed by atoms with Gasteiger partial charge < -0.3 is 18.9 Å². The lowest BCUT2D eigenvalue weighted by molar-refractivity contribution is 0.0186. The van der Waals surface area contributed by atoms with Crippen molar-refractivity contribution in [1.29, 1.82) is 0 Å². The number of aryl methyl sites for hydroxylation is 1. The highest BCUT2D eigenvalue weighted by atomic mass is 16.6. The number of piperidine rings is 1. The summed E-state index contributed by atoms with van der Waals surface area (Å²) in [4.78, 5) is 27.1. The van der Waals surface area contributed by atoms with Gasteiger partial charge in [-0.1, -0.05) is 5.16 Å². The number of likely N-dealkylation sites (tertiary alicyclic amines) is 1. The van der Waals surface area contributed by atoms with Crippen molar-refractivity contribution in [2.24, 2.45) is 0 Å². The molecule has 1 fully saturated rings. The fraction of sp³-hybridized carbons (Fsp3) is 0.417. The van der Waals surface area contributed by atoms with Gasteiger partial charge in [-0.15, -0.1) is 0 Å². The first kappa shape index (κ1) is 22.8. The SMILES string of the molecule is Cc1nc(-c2ccc(Oc3ncnc4c3cnn4C3CCN(C(=O)OC(C)(C)C)CC3)cc2)no1. The molecule has 1 aromatic carbocycles. The first-order valence-electron chi connectivity index (χ1n) is 11.5. The molecule has 4 heterocycles. The molecule has 1 aliphatic heterocycles. The summed E-state index contributed by atoms with van der Waals surface area (Å²) in [5.74, 6) is 2.08. The van der Waals surface area contributed by atoms with Crippen LogP contribution in [0.3, 0.4) is 0 Å². The number of hydrogen-bond acceptors (Lipinski definition) is 9. The molecule has 0 saturated carbocycles. The maximum atomic E-state index is 12.4. The van der Waals surface area contributed by atoms with E-state index in [2.05, 4.69) is 25.2 Å². The quantitative estimate of drug-likeness (QED) is 0.417. The van der Waals surface area contributed by atoms with Gasteiger partial charge >= 0.3 is 6.09 Å². The monoisotopic (exact) mass is 477 g/mol. The molecule has 0 spiro atoms. The number of benzene rings is 1. The van der Waals surface area contributed by atoms with Gasteiger partial charge in [-0.05, 0) is 57.9 Å². The van der Waals surface area contributed by atoms with Crippen LogP contribution in [-0.2, 0) is 4.74 Å². The van der Waals surface area contributed by atoms with Crippen LogP contribution >= 0.6 is 0 Å². The second-order valence-corrected chi connectivity index (χ2v) is 9.47. The minimum Gasteiger partial charge on any atom is -0.444 e. The van der Waals surface area contributed by atoms with Gasteiger partial charge in [-0.3, -0.25) is 0 Å². The van der Waals surface area contributed by atoms with Crippen molar-refractivity contribution < 1.29 is 18.8 Å². The second kappa shape index (κ2) is 8.97. The summed E-state index contributed by atoms with van der Waals surface area (Å²) < 4.78 is 18.5. The number of amides is 1. The molecular weight excluding hydrogens is 450 g/mol. The van der Waals surface area contributed by atoms with Crippen LogP contribution in [0.5, 0.6) is 11.6 Å². The Balaban J connectivity index is 1.29. The molecule has 0 radical (unpaired) electrons. The van der Waals surface area contributed by atoms with E-state index in [0.29, 0.717) is 42.1 Å². The van der Waals surface area contributed by atoms with Crippen LogP contribution in [0.25, 0.3) is 22.4 Å². The van der Waals surface area contributed by atoms with Crippen molar-refractivity contribution in [3.8, 4) is 23.0 Å². The standard InChI is InChI=1S/C24H27N7O4/c1-15-28-20(29-35-15)16-5-7-18(8-6-16)33-22-19-13-27-31(21(19)25-14-26-22)17-9-11-30(12-10-17)23(32)34-24(2,3)4/h5-8,13-14,17H,9-12H2,1-4H3. The van der Waals surface area contributed by atoms with Crippen LogP contribution in [-0.4, -0.2) is 59.6 Å². The van der Waals surface area contributed by atoms with Gasteiger partial charge in [0.25, 0.3) is 0 Å². The fourth-order valence-corrected chi connectivity index (χ4v) is 4.01. The zero-order valence-corrected chi connectivity index (χ0v) is 20.1. The molecule has 11 nitrogen and oxygen atoms in total. The van der Waals surface area contributed by atoms with Crippen LogP contribution in [0.1, 0.15) is 45.5 Å². The Labute approximate surface area is 202 Å². The fourth-order valence-electron chi connectivity index (χ4n) is 4.01. The van der Waals surface area contributed by atoms with Crippen molar-refractivity contribution in [1.82, 2.24) is 34.8 Å². The molecule has 1 amide bonds. The Kier molecular flexibility index (Phi) is 5.83. The van der Waals surface area contributed by atoms with Gasteiger partial charge in [0.15, 0.2) is 5.65 Å². The molecule has 5 rings (SSSR count). The third kappa shape index (κ3) is 4.93. The van der Waals surface area contributed by atoms with E-state index >= 15 is 0 Å². The molecule has 4 aromatic rings. The Morgan fingerprint density at radius 3 is 2.51 bits per heavy atom. The second-order valence-electron chi connectivity index (χ2n) is 9.47. The van der Waals surface area contributed by atoms with Crippen LogP contribution in [0.4, 0.5) is 4.79 Å². The van der Waals surface area contributed by atoms with E-state index in [0.717, 1.165) is 23.8 Å². The van der Waals surface area contributed by atoms with Gasteiger partial charge in [0, 0.05) is 25.6 Å². The van der Waals surface area contributed by atoms with Gasteiger partial charge in [0.1, 0.15) is 23.1 Å². The topological polar surface area (TPSA) is 121 Å². The maximum Gasteiger partial charge on any atom is 0.410 e. The third-order valence-corrected chi connectivity index (χ3v) is 5.67. The summed E-state index contributed by atoms with van der Waals surface area (Å²) in [6.45, 7) is 8.56. The molecule has 182 valence electrons. The van der Waals surface area contributed by atoms with Crippen molar-refractivity contribution >= 4 is 17.1 Å². The predicted molar refractivity (Wildman–Crippen MR) is 126 cm³/mol. The highest BCUT2D eigenvalue weighted by Crippen LogP contribution is 2.31. The van der Waals surface area contributed by atoms with Gasteiger partial charge in [-0.2, -0.15) is 10.1 Å². The van der Waals surface area contributed by atoms with Gasteiger partial charge in [-0.25, -0.2) is 19.4 Å². The lowest BCUT2D eigenvalue weighted by Gasteiger charge is -2.33. The molecule has 3 aromatic heterocycles. The summed E-state index contributed by atoms with van der Waals surface area (Å²) >= 11 is 0. The number of aromatic nitrogens is 6. The van der Waals surface area contributed by atoms with Gasteiger partial charge in [0.05, 0.1) is 12.2 Å². The maximum absolute atomic E-state index is 12.4. The molecular formula is C24H27N7O4. The number of carbonyl (C=O) groups is 1. The molecule has 0 aliphatic carbocycles. The highest BCUT2D eigenvalue weighted by Gasteiger charge is 2.29. The van der Waals surface area contributed by atoms with Crippen molar-refractivity contribution in [2.45, 2.75) is 52.2 Å². The van der Waals surface area contributed by atoms with E-state index in [1.54, 1.807) is 18.0 Å². The van der Waals surface area contributed by atoms with E-state index in [1.807, 2.05) is 49.7 Å². The smallest absolute Gasteiger partial charge is 0.410 e. The third-order valence-electron chi connectivity index (χ3n) is 5.67. The molecule has 11 heteroatoms. The van der Waals surface area contributed by atoms with Gasteiger partial charge in [0.2, 0.25) is 17.6 Å². The first-order valence-corrected chi connectivity index (χ1v) is 11.5. The predicted octanol–water partition coefficient (Wildman–Crippen LogP) is 4.55. The first-order chi connectivity index (χ1) is 16.8. The van der Waals surface area contributed by atoms with E-state index in [4.69, 9.17) is 14.0 Å². The largest absolute Gasteiger partial charge is 0.444 e.